The van der Waals surface area contributed by atoms with Crippen LogP contribution in [0, 0.1) is 19.8 Å². The number of hydrogen-bond donors (Lipinski definition) is 2. The molecule has 0 amide bonds. The van der Waals surface area contributed by atoms with Crippen LogP contribution in [0.1, 0.15) is 125 Å². The lowest BCUT2D eigenvalue weighted by atomic mass is 9.98. The highest BCUT2D eigenvalue weighted by Gasteiger charge is 2.33. The molecular weight excluding hydrogens is 548 g/mol. The van der Waals surface area contributed by atoms with Crippen LogP contribution in [0.15, 0.2) is 42.5 Å². The molecule has 0 unspecified atom stereocenters. The molecule has 1 heterocycles. The number of aromatic nitrogens is 3. The molecule has 44 heavy (non-hydrogen) atoms. The van der Waals surface area contributed by atoms with Crippen molar-refractivity contribution in [1.82, 2.24) is 15.0 Å². The summed E-state index contributed by atoms with van der Waals surface area (Å²) in [5, 5.41) is 19.1. The van der Waals surface area contributed by atoms with E-state index in [0.717, 1.165) is 43.4 Å². The second-order valence-electron chi connectivity index (χ2n) is 11.4. The number of aliphatic hydroxyl groups excluding tert-OH is 1. The summed E-state index contributed by atoms with van der Waals surface area (Å²) in [6.07, 6.45) is 13.8. The average Bonchev–Trinajstić information content (AvgIpc) is 3.56. The number of hydrogen-bond acceptors (Lipinski definition) is 6. The van der Waals surface area contributed by atoms with Crippen LogP contribution in [-0.2, 0) is 16.0 Å². The summed E-state index contributed by atoms with van der Waals surface area (Å²) in [4.78, 5) is 19.5. The first-order valence-electron chi connectivity index (χ1n) is 16.5. The monoisotopic (exact) mass is 606 g/mol. The van der Waals surface area contributed by atoms with Crippen molar-refractivity contribution in [1.29, 1.82) is 0 Å². The molecule has 0 radical (unpaired) electrons. The van der Waals surface area contributed by atoms with Gasteiger partial charge in [0.25, 0.3) is 0 Å². The van der Waals surface area contributed by atoms with E-state index < -0.39 is 0 Å². The van der Waals surface area contributed by atoms with Crippen molar-refractivity contribution in [3.05, 3.63) is 70.5 Å². The number of aliphatic hydroxyl groups is 1. The summed E-state index contributed by atoms with van der Waals surface area (Å²) in [5.74, 6) is 1.80. The summed E-state index contributed by atoms with van der Waals surface area (Å²) in [7, 11) is 2.94. The van der Waals surface area contributed by atoms with E-state index in [0.29, 0.717) is 12.3 Å². The van der Waals surface area contributed by atoms with Gasteiger partial charge in [0.15, 0.2) is 0 Å². The lowest BCUT2D eigenvalue weighted by molar-refractivity contribution is -0.108. The molecule has 2 N–H and O–H groups in total. The molecule has 0 saturated heterocycles. The lowest BCUT2D eigenvalue weighted by Gasteiger charge is -2.12. The molecule has 0 aliphatic heterocycles. The fraction of sp³-hybridized carbons (Fsp3) is 0.568. The molecule has 2 saturated carbocycles. The maximum Gasteiger partial charge on any atom is 0.120 e. The highest BCUT2D eigenvalue weighted by Crippen LogP contribution is 2.44. The predicted molar refractivity (Wildman–Crippen MR) is 184 cm³/mol. The van der Waals surface area contributed by atoms with Crippen LogP contribution in [0.5, 0.6) is 0 Å². The zero-order valence-corrected chi connectivity index (χ0v) is 28.6. The van der Waals surface area contributed by atoms with Gasteiger partial charge in [-0.1, -0.05) is 81.5 Å². The quantitative estimate of drug-likeness (QED) is 0.225. The van der Waals surface area contributed by atoms with Crippen LogP contribution in [0.2, 0.25) is 0 Å². The van der Waals surface area contributed by atoms with Crippen LogP contribution in [0.25, 0.3) is 5.69 Å². The van der Waals surface area contributed by atoms with E-state index in [1.165, 1.54) is 86.4 Å². The van der Waals surface area contributed by atoms with Gasteiger partial charge in [-0.05, 0) is 88.1 Å². The van der Waals surface area contributed by atoms with Gasteiger partial charge in [0.05, 0.1) is 17.1 Å². The first-order chi connectivity index (χ1) is 21.4. The van der Waals surface area contributed by atoms with Gasteiger partial charge in [-0.2, -0.15) is 0 Å². The van der Waals surface area contributed by atoms with E-state index in [9.17, 15) is 4.79 Å². The van der Waals surface area contributed by atoms with Gasteiger partial charge in [0.2, 0.25) is 0 Å². The molecule has 2 aliphatic rings. The standard InChI is InChI=1S/C23H31N3O.C9H13N.C2H4O.C2H6.CH4O/c1-17(5-4-16-27)22-23(20-12-13-20)26(25-24-22)21-14-10-19(11-15-21)9-8-18-6-2-3-7-18;1-7-4-5-9(10-3)8(2)6-7;1-2-3;2*1-2/h10-11,14-18,20H,2-9,12-13H2,1H3;4-6,10H,1-3H3;2H,1H3;1-2H3;2H,1H3/t17-;;;;/m1..../s1. The van der Waals surface area contributed by atoms with Gasteiger partial charge < -0.3 is 20.0 Å². The SMILES string of the molecule is CC.CC=O.CNc1ccc(C)cc1C.CO.C[C@H](CCC=O)c1nnn(-c2ccc(CCC3CCCC3)cc2)c1C1CC1. The second kappa shape index (κ2) is 22.2. The molecular formula is C37H58N4O3. The van der Waals surface area contributed by atoms with Crippen LogP contribution in [0.3, 0.4) is 0 Å². The van der Waals surface area contributed by atoms with Gasteiger partial charge in [-0.25, -0.2) is 4.68 Å². The summed E-state index contributed by atoms with van der Waals surface area (Å²) in [5.41, 5.74) is 8.74. The summed E-state index contributed by atoms with van der Waals surface area (Å²) >= 11 is 0. The predicted octanol–water partition coefficient (Wildman–Crippen LogP) is 8.54. The average molecular weight is 607 g/mol. The van der Waals surface area contributed by atoms with Gasteiger partial charge >= 0.3 is 0 Å². The number of aryl methyl sites for hydroxylation is 3. The molecule has 0 bridgehead atoms. The Morgan fingerprint density at radius 2 is 1.61 bits per heavy atom. The van der Waals surface area contributed by atoms with Crippen molar-refractivity contribution in [2.75, 3.05) is 19.5 Å². The molecule has 5 rings (SSSR count). The topological polar surface area (TPSA) is 97.1 Å². The Balaban J connectivity index is 0.000000474. The Morgan fingerprint density at radius 1 is 1.00 bits per heavy atom. The number of carbonyl (C=O) groups excluding carboxylic acids is 2. The molecule has 1 aromatic heterocycles. The van der Waals surface area contributed by atoms with Crippen LogP contribution in [-0.4, -0.2) is 46.8 Å². The third kappa shape index (κ3) is 12.7. The minimum atomic E-state index is 0.283. The number of benzene rings is 2. The molecule has 0 spiro atoms. The third-order valence-corrected chi connectivity index (χ3v) is 8.03. The molecule has 2 aliphatic carbocycles. The van der Waals surface area contributed by atoms with Crippen LogP contribution in [0.4, 0.5) is 5.69 Å². The zero-order chi connectivity index (χ0) is 32.9. The summed E-state index contributed by atoms with van der Waals surface area (Å²) in [6.45, 7) is 11.8. The van der Waals surface area contributed by atoms with E-state index in [1.807, 2.05) is 25.6 Å². The van der Waals surface area contributed by atoms with Crippen LogP contribution >= 0.6 is 0 Å². The van der Waals surface area contributed by atoms with E-state index in [1.54, 1.807) is 0 Å². The summed E-state index contributed by atoms with van der Waals surface area (Å²) in [6, 6.07) is 15.3. The molecule has 3 aromatic rings. The number of carbonyl (C=O) groups is 2. The van der Waals surface area contributed by atoms with Crippen molar-refractivity contribution < 1.29 is 14.7 Å². The first kappa shape index (κ1) is 38.7. The van der Waals surface area contributed by atoms with Crippen molar-refractivity contribution >= 4 is 18.3 Å². The largest absolute Gasteiger partial charge is 0.400 e. The van der Waals surface area contributed by atoms with Gasteiger partial charge in [-0.3, -0.25) is 0 Å². The number of anilines is 1. The minimum Gasteiger partial charge on any atom is -0.400 e. The fourth-order valence-corrected chi connectivity index (χ4v) is 5.60. The maximum absolute atomic E-state index is 10.7. The molecule has 7 nitrogen and oxygen atoms in total. The number of aldehydes is 2. The van der Waals surface area contributed by atoms with Crippen molar-refractivity contribution in [3.63, 3.8) is 0 Å². The van der Waals surface area contributed by atoms with E-state index in [-0.39, 0.29) is 5.92 Å². The number of nitrogens with one attached hydrogen (secondary N) is 1. The molecule has 1 atom stereocenters. The smallest absolute Gasteiger partial charge is 0.120 e. The van der Waals surface area contributed by atoms with Gasteiger partial charge in [-0.15, -0.1) is 5.10 Å². The third-order valence-electron chi connectivity index (χ3n) is 8.03. The molecule has 2 fully saturated rings. The minimum absolute atomic E-state index is 0.283. The normalized spacial score (nSPS) is 14.2. The Labute approximate surface area is 266 Å². The zero-order valence-electron chi connectivity index (χ0n) is 28.6. The van der Waals surface area contributed by atoms with E-state index >= 15 is 0 Å². The van der Waals surface area contributed by atoms with E-state index in [4.69, 9.17) is 9.90 Å². The van der Waals surface area contributed by atoms with E-state index in [2.05, 4.69) is 78.9 Å². The Kier molecular flexibility index (Phi) is 19.6. The summed E-state index contributed by atoms with van der Waals surface area (Å²) < 4.78 is 2.05. The first-order valence-corrected chi connectivity index (χ1v) is 16.5. The number of rotatable bonds is 10. The Morgan fingerprint density at radius 3 is 2.14 bits per heavy atom. The number of nitrogens with zero attached hydrogens (tertiary/aromatic N) is 3. The van der Waals surface area contributed by atoms with Crippen molar-refractivity contribution in [2.24, 2.45) is 5.92 Å². The van der Waals surface area contributed by atoms with Gasteiger partial charge in [0, 0.05) is 38.1 Å². The Hall–Kier alpha value is -3.32. The fourth-order valence-electron chi connectivity index (χ4n) is 5.60. The molecule has 7 heteroatoms. The molecule has 2 aromatic carbocycles. The van der Waals surface area contributed by atoms with Crippen LogP contribution < -0.4 is 5.32 Å². The highest BCUT2D eigenvalue weighted by molar-refractivity contribution is 5.51. The lowest BCUT2D eigenvalue weighted by Crippen LogP contribution is -2.05. The van der Waals surface area contributed by atoms with Gasteiger partial charge in [0.1, 0.15) is 12.6 Å². The maximum atomic E-state index is 10.7. The second-order valence-corrected chi connectivity index (χ2v) is 11.4. The molecule has 244 valence electrons. The Bertz CT molecular complexity index is 1200. The van der Waals surface area contributed by atoms with Crippen molar-refractivity contribution in [3.8, 4) is 5.69 Å². The van der Waals surface area contributed by atoms with Crippen molar-refractivity contribution in [2.45, 2.75) is 118 Å². The highest BCUT2D eigenvalue weighted by atomic mass is 16.2.